The number of anilines is 1. The molecule has 0 aliphatic rings. The van der Waals surface area contributed by atoms with Gasteiger partial charge in [-0.25, -0.2) is 0 Å². The van der Waals surface area contributed by atoms with Crippen molar-refractivity contribution in [3.05, 3.63) is 24.3 Å². The van der Waals surface area contributed by atoms with Crippen LogP contribution < -0.4 is 15.8 Å². The molecular weight excluding hydrogens is 198 g/mol. The van der Waals surface area contributed by atoms with Crippen LogP contribution in [-0.2, 0) is 4.79 Å². The second-order valence-electron chi connectivity index (χ2n) is 2.64. The van der Waals surface area contributed by atoms with Gasteiger partial charge in [0.15, 0.2) is 0 Å². The van der Waals surface area contributed by atoms with Crippen LogP contribution in [0, 0.1) is 0 Å². The van der Waals surface area contributed by atoms with Crippen LogP contribution in [0.25, 0.3) is 0 Å². The zero-order valence-electron chi connectivity index (χ0n) is 8.10. The number of carbonyl (C=O) groups is 1. The van der Waals surface area contributed by atoms with E-state index in [1.807, 2.05) is 0 Å². The molecule has 6 heteroatoms. The molecule has 0 spiro atoms. The van der Waals surface area contributed by atoms with Crippen LogP contribution in [0.2, 0.25) is 0 Å². The van der Waals surface area contributed by atoms with E-state index in [2.05, 4.69) is 10.5 Å². The predicted octanol–water partition coefficient (Wildman–Crippen LogP) is 0.380. The number of nitrogens with two attached hydrogens (primary N) is 1. The van der Waals surface area contributed by atoms with Crippen LogP contribution >= 0.6 is 0 Å². The molecule has 0 aliphatic heterocycles. The van der Waals surface area contributed by atoms with Crippen LogP contribution in [0.5, 0.6) is 5.75 Å². The maximum Gasteiger partial charge on any atom is 0.294 e. The van der Waals surface area contributed by atoms with Gasteiger partial charge in [0.25, 0.3) is 5.91 Å². The largest absolute Gasteiger partial charge is 0.495 e. The molecule has 0 saturated heterocycles. The maximum atomic E-state index is 11.2. The quantitative estimate of drug-likeness (QED) is 0.284. The molecule has 15 heavy (non-hydrogen) atoms. The summed E-state index contributed by atoms with van der Waals surface area (Å²) in [4.78, 5) is 11.2. The van der Waals surface area contributed by atoms with Crippen molar-refractivity contribution in [1.82, 2.24) is 0 Å². The molecule has 1 amide bonds. The number of amides is 1. The molecule has 4 N–H and O–H groups in total. The number of ether oxygens (including phenoxy) is 1. The molecule has 80 valence electrons. The number of benzene rings is 1. The number of rotatable bonds is 2. The molecule has 1 rings (SSSR count). The molecule has 0 radical (unpaired) electrons. The monoisotopic (exact) mass is 209 g/mol. The van der Waals surface area contributed by atoms with E-state index < -0.39 is 11.7 Å². The fraction of sp³-hybridized carbons (Fsp3) is 0.111. The Bertz CT molecular complexity index is 390. The maximum absolute atomic E-state index is 11.2. The van der Waals surface area contributed by atoms with Crippen LogP contribution in [0.15, 0.2) is 29.4 Å². The van der Waals surface area contributed by atoms with Crippen molar-refractivity contribution in [2.75, 3.05) is 12.4 Å². The van der Waals surface area contributed by atoms with Crippen molar-refractivity contribution in [1.29, 1.82) is 0 Å². The van der Waals surface area contributed by atoms with Crippen LogP contribution in [0.4, 0.5) is 5.69 Å². The third-order valence-corrected chi connectivity index (χ3v) is 1.70. The minimum Gasteiger partial charge on any atom is -0.495 e. The highest BCUT2D eigenvalue weighted by Crippen LogP contribution is 2.22. The number of carbonyl (C=O) groups excluding carboxylic acids is 1. The van der Waals surface area contributed by atoms with Gasteiger partial charge < -0.3 is 21.0 Å². The summed E-state index contributed by atoms with van der Waals surface area (Å²) in [5.74, 6) is -0.709. The summed E-state index contributed by atoms with van der Waals surface area (Å²) in [6, 6.07) is 6.81. The second kappa shape index (κ2) is 4.85. The highest BCUT2D eigenvalue weighted by Gasteiger charge is 2.10. The molecule has 1 aromatic carbocycles. The van der Waals surface area contributed by atoms with Gasteiger partial charge in [-0.05, 0) is 12.1 Å². The highest BCUT2D eigenvalue weighted by molar-refractivity contribution is 6.41. The topological polar surface area (TPSA) is 96.9 Å². The minimum atomic E-state index is -0.693. The molecule has 0 unspecified atom stereocenters. The Hall–Kier alpha value is -2.24. The van der Waals surface area contributed by atoms with E-state index in [0.29, 0.717) is 11.4 Å². The first-order valence-corrected chi connectivity index (χ1v) is 4.11. The Kier molecular flexibility index (Phi) is 3.50. The lowest BCUT2D eigenvalue weighted by molar-refractivity contribution is -0.110. The number of oxime groups is 1. The van der Waals surface area contributed by atoms with Crippen LogP contribution in [0.3, 0.4) is 0 Å². The van der Waals surface area contributed by atoms with Gasteiger partial charge in [-0.3, -0.25) is 4.79 Å². The van der Waals surface area contributed by atoms with Crippen molar-refractivity contribution in [3.63, 3.8) is 0 Å². The van der Waals surface area contributed by atoms with Gasteiger partial charge in [0.05, 0.1) is 12.8 Å². The zero-order valence-corrected chi connectivity index (χ0v) is 8.10. The summed E-state index contributed by atoms with van der Waals surface area (Å²) < 4.78 is 5.00. The fourth-order valence-corrected chi connectivity index (χ4v) is 0.980. The predicted molar refractivity (Wildman–Crippen MR) is 55.0 cm³/mol. The van der Waals surface area contributed by atoms with Crippen molar-refractivity contribution in [2.24, 2.45) is 10.9 Å². The van der Waals surface area contributed by atoms with Crippen molar-refractivity contribution >= 4 is 17.4 Å². The Balaban J connectivity index is 2.85. The third-order valence-electron chi connectivity index (χ3n) is 1.70. The Morgan fingerprint density at radius 1 is 1.53 bits per heavy atom. The summed E-state index contributed by atoms with van der Waals surface area (Å²) in [5.41, 5.74) is 5.56. The minimum absolute atomic E-state index is 0.455. The molecule has 0 saturated carbocycles. The lowest BCUT2D eigenvalue weighted by atomic mass is 10.3. The van der Waals surface area contributed by atoms with Crippen molar-refractivity contribution < 1.29 is 14.7 Å². The number of amidine groups is 1. The van der Waals surface area contributed by atoms with Crippen LogP contribution in [-0.4, -0.2) is 24.1 Å². The van der Waals surface area contributed by atoms with E-state index in [0.717, 1.165) is 0 Å². The first kappa shape index (κ1) is 10.8. The Morgan fingerprint density at radius 3 is 2.80 bits per heavy atom. The summed E-state index contributed by atoms with van der Waals surface area (Å²) in [5, 5.41) is 13.3. The molecule has 6 nitrogen and oxygen atoms in total. The summed E-state index contributed by atoms with van der Waals surface area (Å²) >= 11 is 0. The molecule has 0 heterocycles. The number of nitrogens with one attached hydrogen (secondary N) is 1. The van der Waals surface area contributed by atoms with Crippen molar-refractivity contribution in [2.45, 2.75) is 0 Å². The number of hydrogen-bond acceptors (Lipinski definition) is 4. The van der Waals surface area contributed by atoms with Gasteiger partial charge in [0.2, 0.25) is 5.84 Å². The molecule has 0 fully saturated rings. The van der Waals surface area contributed by atoms with Gasteiger partial charge in [-0.2, -0.15) is 0 Å². The average Bonchev–Trinajstić information content (AvgIpc) is 2.28. The number of para-hydroxylation sites is 2. The zero-order chi connectivity index (χ0) is 11.3. The number of nitrogens with zero attached hydrogens (tertiary/aromatic N) is 1. The van der Waals surface area contributed by atoms with E-state index in [9.17, 15) is 4.79 Å². The fourth-order valence-electron chi connectivity index (χ4n) is 0.980. The number of hydrogen-bond donors (Lipinski definition) is 3. The van der Waals surface area contributed by atoms with E-state index in [1.54, 1.807) is 24.3 Å². The molecule has 0 bridgehead atoms. The second-order valence-corrected chi connectivity index (χ2v) is 2.64. The van der Waals surface area contributed by atoms with E-state index in [-0.39, 0.29) is 0 Å². The first-order chi connectivity index (χ1) is 7.19. The number of methoxy groups -OCH3 is 1. The standard InChI is InChI=1S/C9H11N3O3/c1-15-7-5-3-2-4-6(7)11-9(13)8(10)12-14/h2-5,14H,1H3,(H2,10,12)(H,11,13). The molecule has 0 aromatic heterocycles. The van der Waals surface area contributed by atoms with Gasteiger partial charge in [0, 0.05) is 0 Å². The van der Waals surface area contributed by atoms with Gasteiger partial charge >= 0.3 is 0 Å². The molecule has 0 atom stereocenters. The first-order valence-electron chi connectivity index (χ1n) is 4.11. The normalized spacial score (nSPS) is 10.9. The van der Waals surface area contributed by atoms with Gasteiger partial charge in [-0.15, -0.1) is 0 Å². The van der Waals surface area contributed by atoms with E-state index >= 15 is 0 Å². The smallest absolute Gasteiger partial charge is 0.294 e. The molecule has 1 aromatic rings. The molecular formula is C9H11N3O3. The Labute approximate surface area is 86.3 Å². The van der Waals surface area contributed by atoms with Gasteiger partial charge in [-0.1, -0.05) is 17.3 Å². The van der Waals surface area contributed by atoms with Crippen molar-refractivity contribution in [3.8, 4) is 5.75 Å². The highest BCUT2D eigenvalue weighted by atomic mass is 16.5. The van der Waals surface area contributed by atoms with Gasteiger partial charge in [0.1, 0.15) is 5.75 Å². The van der Waals surface area contributed by atoms with E-state index in [4.69, 9.17) is 15.7 Å². The lowest BCUT2D eigenvalue weighted by Crippen LogP contribution is -2.30. The summed E-state index contributed by atoms with van der Waals surface area (Å²) in [6.07, 6.45) is 0. The summed E-state index contributed by atoms with van der Waals surface area (Å²) in [7, 11) is 1.48. The lowest BCUT2D eigenvalue weighted by Gasteiger charge is -2.08. The average molecular weight is 209 g/mol. The third kappa shape index (κ3) is 2.60. The van der Waals surface area contributed by atoms with Crippen LogP contribution in [0.1, 0.15) is 0 Å². The molecule has 0 aliphatic carbocycles. The summed E-state index contributed by atoms with van der Waals surface area (Å²) in [6.45, 7) is 0. The SMILES string of the molecule is COc1ccccc1NC(=O)/C(N)=N/O. The Morgan fingerprint density at radius 2 is 2.20 bits per heavy atom. The van der Waals surface area contributed by atoms with E-state index in [1.165, 1.54) is 7.11 Å².